The van der Waals surface area contributed by atoms with E-state index in [1.54, 1.807) is 17.0 Å². The highest BCUT2D eigenvalue weighted by Gasteiger charge is 2.48. The van der Waals surface area contributed by atoms with Crippen molar-refractivity contribution in [3.8, 4) is 17.6 Å². The number of likely N-dealkylation sites (tertiary alicyclic amines) is 1. The number of carbonyl (C=O) groups is 2. The minimum atomic E-state index is -3.17. The van der Waals surface area contributed by atoms with Gasteiger partial charge in [0.2, 0.25) is 11.8 Å². The third kappa shape index (κ3) is 9.96. The van der Waals surface area contributed by atoms with Crippen molar-refractivity contribution in [1.82, 2.24) is 24.1 Å². The van der Waals surface area contributed by atoms with Crippen LogP contribution in [0.25, 0.3) is 10.9 Å². The van der Waals surface area contributed by atoms with E-state index < -0.39 is 48.0 Å². The van der Waals surface area contributed by atoms with Crippen LogP contribution in [-0.2, 0) is 14.3 Å². The van der Waals surface area contributed by atoms with Gasteiger partial charge in [-0.15, -0.1) is 0 Å². The highest BCUT2D eigenvalue weighted by molar-refractivity contribution is 7.98. The summed E-state index contributed by atoms with van der Waals surface area (Å²) in [5.41, 5.74) is 0.624. The molecule has 3 aliphatic rings. The fourth-order valence-corrected chi connectivity index (χ4v) is 8.73. The molecule has 3 N–H and O–H groups in total. The van der Waals surface area contributed by atoms with Crippen LogP contribution < -0.4 is 25.7 Å². The summed E-state index contributed by atoms with van der Waals surface area (Å²) in [6, 6.07) is 12.1. The summed E-state index contributed by atoms with van der Waals surface area (Å²) in [6.45, 7) is 4.64. The highest BCUT2D eigenvalue weighted by Crippen LogP contribution is 2.43. The molecule has 3 unspecified atom stereocenters. The van der Waals surface area contributed by atoms with Crippen LogP contribution in [0.1, 0.15) is 81.9 Å². The van der Waals surface area contributed by atoms with Gasteiger partial charge in [-0.2, -0.15) is 5.26 Å². The molecule has 3 fully saturated rings. The van der Waals surface area contributed by atoms with Crippen LogP contribution >= 0.6 is 12.1 Å². The van der Waals surface area contributed by atoms with E-state index in [2.05, 4.69) is 20.3 Å². The fourth-order valence-electron chi connectivity index (χ4n) is 8.18. The Balaban J connectivity index is 0.920. The number of alkyl halides is 2. The van der Waals surface area contributed by atoms with Gasteiger partial charge in [-0.1, -0.05) is 13.0 Å². The number of carbonyl (C=O) groups excluding carboxylic acids is 2. The summed E-state index contributed by atoms with van der Waals surface area (Å²) < 4.78 is 80.2. The lowest BCUT2D eigenvalue weighted by Crippen LogP contribution is -2.52. The van der Waals surface area contributed by atoms with E-state index in [0.29, 0.717) is 43.4 Å². The summed E-state index contributed by atoms with van der Waals surface area (Å²) in [5.74, 6) is -6.96. The number of halogens is 4. The molecule has 2 aliphatic heterocycles. The zero-order valence-electron chi connectivity index (χ0n) is 34.1. The van der Waals surface area contributed by atoms with Crippen molar-refractivity contribution in [1.29, 1.82) is 5.26 Å². The van der Waals surface area contributed by atoms with Gasteiger partial charge in [-0.25, -0.2) is 26.9 Å². The van der Waals surface area contributed by atoms with Gasteiger partial charge in [-0.05, 0) is 107 Å². The number of hydrogen-bond acceptors (Lipinski definition) is 12. The molecule has 2 amide bonds. The van der Waals surface area contributed by atoms with Crippen molar-refractivity contribution >= 4 is 46.2 Å². The average molecular weight is 865 g/mol. The number of rotatable bonds is 14. The van der Waals surface area contributed by atoms with E-state index in [1.165, 1.54) is 53.4 Å². The smallest absolute Gasteiger partial charge is 0.267 e. The molecule has 7 rings (SSSR count). The van der Waals surface area contributed by atoms with E-state index in [-0.39, 0.29) is 83.2 Å². The molecule has 3 aromatic carbocycles. The SMILES string of the molecule is CCN(C)SNc1ccc(F)c(Oc2ccc3ncn(C(C)COC4CCC(N5CCC(c6ccc(NC7CCC(=O)NC7=O)cc6F)C(F)(F)C5)CC4)c(=O)c3c2)c1C#N. The van der Waals surface area contributed by atoms with Gasteiger partial charge in [0.1, 0.15) is 29.2 Å². The maximum absolute atomic E-state index is 15.7. The monoisotopic (exact) mass is 864 g/mol. The standard InChI is InChI=1S/C43H48F4N8O5S/c1-4-53(3)61-52-37-14-12-34(44)40(32(37)21-48)60-29-10-13-36-31(20-29)42(58)55(24-49-36)25(2)22-59-28-8-6-27(7-9-28)54-18-17-33(43(46,47)23-54)30-11-5-26(19-35(30)45)50-38-15-16-39(56)51-41(38)57/h5,10-14,19-20,24-25,27-28,33,38,50,52H,4,6-9,15-18,22-23H2,1-3H3,(H,51,56,57). The number of nitriles is 1. The number of fused-ring (bicyclic) bond motifs is 1. The summed E-state index contributed by atoms with van der Waals surface area (Å²) in [7, 11) is 1.86. The van der Waals surface area contributed by atoms with Crippen molar-refractivity contribution in [2.45, 2.75) is 94.9 Å². The van der Waals surface area contributed by atoms with Gasteiger partial charge in [0.05, 0.1) is 54.1 Å². The second-order valence-electron chi connectivity index (χ2n) is 15.9. The van der Waals surface area contributed by atoms with Gasteiger partial charge in [0.15, 0.2) is 11.6 Å². The van der Waals surface area contributed by atoms with Crippen LogP contribution in [0.5, 0.6) is 11.5 Å². The van der Waals surface area contributed by atoms with Gasteiger partial charge >= 0.3 is 0 Å². The Morgan fingerprint density at radius 2 is 1.84 bits per heavy atom. The van der Waals surface area contributed by atoms with Crippen LogP contribution in [0, 0.1) is 23.0 Å². The van der Waals surface area contributed by atoms with Crippen LogP contribution in [0.3, 0.4) is 0 Å². The maximum Gasteiger partial charge on any atom is 0.267 e. The molecule has 13 nitrogen and oxygen atoms in total. The van der Waals surface area contributed by atoms with Gasteiger partial charge in [0.25, 0.3) is 11.5 Å². The Labute approximate surface area is 355 Å². The predicted octanol–water partition coefficient (Wildman–Crippen LogP) is 7.50. The summed E-state index contributed by atoms with van der Waals surface area (Å²) in [4.78, 5) is 43.5. The van der Waals surface area contributed by atoms with E-state index >= 15 is 17.6 Å². The number of anilines is 2. The maximum atomic E-state index is 15.7. The first-order valence-electron chi connectivity index (χ1n) is 20.4. The number of imide groups is 1. The molecule has 2 saturated heterocycles. The first kappa shape index (κ1) is 43.9. The molecular weight excluding hydrogens is 817 g/mol. The Morgan fingerprint density at radius 1 is 1.05 bits per heavy atom. The minimum Gasteiger partial charge on any atom is -0.453 e. The lowest BCUT2D eigenvalue weighted by Gasteiger charge is -2.44. The number of nitrogens with zero attached hydrogens (tertiary/aromatic N) is 5. The van der Waals surface area contributed by atoms with Crippen molar-refractivity contribution in [2.75, 3.05) is 43.3 Å². The molecule has 1 aromatic heterocycles. The number of nitrogens with one attached hydrogen (secondary N) is 3. The van der Waals surface area contributed by atoms with Gasteiger partial charge in [-0.3, -0.25) is 29.2 Å². The molecule has 1 saturated carbocycles. The Hall–Kier alpha value is -5.22. The number of ether oxygens (including phenoxy) is 2. The van der Waals surface area contributed by atoms with Gasteiger partial charge < -0.3 is 19.5 Å². The largest absolute Gasteiger partial charge is 0.453 e. The van der Waals surface area contributed by atoms with Crippen LogP contribution in [0.15, 0.2) is 59.7 Å². The topological polar surface area (TPSA) is 154 Å². The Morgan fingerprint density at radius 3 is 2.54 bits per heavy atom. The van der Waals surface area contributed by atoms with Crippen LogP contribution in [0.2, 0.25) is 0 Å². The highest BCUT2D eigenvalue weighted by atomic mass is 32.2. The predicted molar refractivity (Wildman–Crippen MR) is 223 cm³/mol. The zero-order chi connectivity index (χ0) is 43.4. The van der Waals surface area contributed by atoms with E-state index in [9.17, 15) is 19.6 Å². The van der Waals surface area contributed by atoms with Crippen molar-refractivity contribution < 1.29 is 36.6 Å². The van der Waals surface area contributed by atoms with Crippen molar-refractivity contribution in [3.05, 3.63) is 88.0 Å². The number of amides is 2. The molecule has 4 aromatic rings. The van der Waals surface area contributed by atoms with Crippen LogP contribution in [-0.4, -0.2) is 88.0 Å². The quantitative estimate of drug-likeness (QED) is 0.0654. The summed E-state index contributed by atoms with van der Waals surface area (Å²) in [6.07, 6.45) is 4.41. The van der Waals surface area contributed by atoms with Crippen molar-refractivity contribution in [2.24, 2.45) is 0 Å². The summed E-state index contributed by atoms with van der Waals surface area (Å²) in [5, 5.41) is 15.3. The zero-order valence-corrected chi connectivity index (χ0v) is 34.9. The molecule has 324 valence electrons. The van der Waals surface area contributed by atoms with Crippen LogP contribution in [0.4, 0.5) is 28.9 Å². The first-order chi connectivity index (χ1) is 29.2. The van der Waals surface area contributed by atoms with Gasteiger partial charge in [0, 0.05) is 36.8 Å². The Kier molecular flexibility index (Phi) is 13.5. The third-order valence-corrected chi connectivity index (χ3v) is 12.6. The lowest BCUT2D eigenvalue weighted by molar-refractivity contribution is -0.133. The fraction of sp³-hybridized carbons (Fsp3) is 0.465. The normalized spacial score (nSPS) is 22.4. The number of piperidine rings is 2. The third-order valence-electron chi connectivity index (χ3n) is 11.7. The number of aromatic nitrogens is 2. The van der Waals surface area contributed by atoms with E-state index in [0.717, 1.165) is 12.6 Å². The van der Waals surface area contributed by atoms with E-state index in [4.69, 9.17) is 9.47 Å². The minimum absolute atomic E-state index is 0.0260. The molecule has 3 heterocycles. The average Bonchev–Trinajstić information content (AvgIpc) is 3.24. The molecule has 0 bridgehead atoms. The molecule has 1 aliphatic carbocycles. The molecular formula is C43H48F4N8O5S. The molecule has 18 heteroatoms. The molecule has 0 radical (unpaired) electrons. The number of hydrogen-bond donors (Lipinski definition) is 3. The molecule has 3 atom stereocenters. The lowest BCUT2D eigenvalue weighted by atomic mass is 9.83. The Bertz CT molecular complexity index is 2370. The van der Waals surface area contributed by atoms with Crippen molar-refractivity contribution in [3.63, 3.8) is 0 Å². The second kappa shape index (κ2) is 18.8. The summed E-state index contributed by atoms with van der Waals surface area (Å²) >= 11 is 1.25. The second-order valence-corrected chi connectivity index (χ2v) is 16.9. The number of benzene rings is 3. The first-order valence-corrected chi connectivity index (χ1v) is 21.2. The van der Waals surface area contributed by atoms with E-state index in [1.807, 2.05) is 31.3 Å². The molecule has 61 heavy (non-hydrogen) atoms. The molecule has 0 spiro atoms.